The summed E-state index contributed by atoms with van der Waals surface area (Å²) < 4.78 is 5.40. The van der Waals surface area contributed by atoms with Gasteiger partial charge in [0.25, 0.3) is 6.02 Å². The molecular formula is C16H16ClN3O. The summed E-state index contributed by atoms with van der Waals surface area (Å²) in [6, 6.07) is 12.6. The Kier molecular flexibility index (Phi) is 4.36. The van der Waals surface area contributed by atoms with E-state index in [9.17, 15) is 0 Å². The molecule has 1 aliphatic heterocycles. The Bertz CT molecular complexity index is 630. The third kappa shape index (κ3) is 3.52. The lowest BCUT2D eigenvalue weighted by Gasteiger charge is -2.19. The summed E-state index contributed by atoms with van der Waals surface area (Å²) in [4.78, 5) is 8.34. The van der Waals surface area contributed by atoms with Crippen LogP contribution in [0, 0.1) is 0 Å². The van der Waals surface area contributed by atoms with Crippen molar-refractivity contribution < 1.29 is 4.74 Å². The van der Waals surface area contributed by atoms with Crippen molar-refractivity contribution in [2.24, 2.45) is 4.99 Å². The van der Waals surface area contributed by atoms with Crippen molar-refractivity contribution in [1.29, 1.82) is 0 Å². The molecule has 1 aromatic carbocycles. The Morgan fingerprint density at radius 1 is 1.19 bits per heavy atom. The van der Waals surface area contributed by atoms with Crippen molar-refractivity contribution in [1.82, 2.24) is 10.3 Å². The first-order valence-corrected chi connectivity index (χ1v) is 7.27. The van der Waals surface area contributed by atoms with E-state index in [4.69, 9.17) is 16.3 Å². The molecule has 1 aromatic heterocycles. The van der Waals surface area contributed by atoms with Crippen LogP contribution in [0.3, 0.4) is 0 Å². The number of aliphatic imine (C=N–C) groups is 1. The van der Waals surface area contributed by atoms with Crippen LogP contribution < -0.4 is 5.32 Å². The molecule has 1 aliphatic rings. The van der Waals surface area contributed by atoms with Gasteiger partial charge in [0.2, 0.25) is 0 Å². The van der Waals surface area contributed by atoms with Crippen molar-refractivity contribution in [3.8, 4) is 0 Å². The zero-order valence-corrected chi connectivity index (χ0v) is 12.3. The molecule has 0 bridgehead atoms. The van der Waals surface area contributed by atoms with E-state index in [1.54, 1.807) is 12.4 Å². The fourth-order valence-corrected chi connectivity index (χ4v) is 2.58. The summed E-state index contributed by atoms with van der Waals surface area (Å²) in [7, 11) is 0. The van der Waals surface area contributed by atoms with Crippen molar-refractivity contribution in [2.75, 3.05) is 19.7 Å². The number of pyridine rings is 1. The molecule has 5 heteroatoms. The molecule has 1 atom stereocenters. The number of rotatable bonds is 4. The topological polar surface area (TPSA) is 46.5 Å². The van der Waals surface area contributed by atoms with Gasteiger partial charge >= 0.3 is 0 Å². The van der Waals surface area contributed by atoms with Crippen LogP contribution in [0.4, 0.5) is 0 Å². The van der Waals surface area contributed by atoms with E-state index in [0.717, 1.165) is 17.1 Å². The van der Waals surface area contributed by atoms with Gasteiger partial charge in [-0.15, -0.1) is 0 Å². The highest BCUT2D eigenvalue weighted by molar-refractivity contribution is 6.30. The maximum atomic E-state index is 6.12. The molecule has 3 rings (SSSR count). The molecule has 4 nitrogen and oxygen atoms in total. The minimum Gasteiger partial charge on any atom is -0.463 e. The first-order valence-electron chi connectivity index (χ1n) is 6.89. The number of halogens is 1. The Hall–Kier alpha value is -2.07. The number of hydrogen-bond donors (Lipinski definition) is 1. The van der Waals surface area contributed by atoms with Crippen LogP contribution in [-0.4, -0.2) is 30.7 Å². The summed E-state index contributed by atoms with van der Waals surface area (Å²) in [5.74, 6) is 0.165. The molecule has 0 saturated heterocycles. The van der Waals surface area contributed by atoms with Gasteiger partial charge in [0.05, 0.1) is 6.54 Å². The molecule has 2 heterocycles. The van der Waals surface area contributed by atoms with Crippen molar-refractivity contribution in [3.63, 3.8) is 0 Å². The van der Waals surface area contributed by atoms with Crippen molar-refractivity contribution >= 4 is 17.6 Å². The van der Waals surface area contributed by atoms with Crippen LogP contribution in [0.1, 0.15) is 17.0 Å². The lowest BCUT2D eigenvalue weighted by atomic mass is 9.92. The van der Waals surface area contributed by atoms with Gasteiger partial charge in [-0.3, -0.25) is 4.98 Å². The number of nitrogens with one attached hydrogen (secondary N) is 1. The Balaban J connectivity index is 1.84. The molecule has 0 radical (unpaired) electrons. The SMILES string of the molecule is Clc1cccc(C(CNC2=NCCO2)c2ccncc2)c1. The van der Waals surface area contributed by atoms with E-state index in [1.165, 1.54) is 5.56 Å². The second-order valence-corrected chi connectivity index (χ2v) is 5.24. The van der Waals surface area contributed by atoms with Gasteiger partial charge in [0.15, 0.2) is 0 Å². The molecule has 1 N–H and O–H groups in total. The fraction of sp³-hybridized carbons (Fsp3) is 0.250. The summed E-state index contributed by atoms with van der Waals surface area (Å²) >= 11 is 6.12. The normalized spacial score (nSPS) is 15.2. The molecule has 2 aromatic rings. The molecule has 0 aliphatic carbocycles. The first-order chi connectivity index (χ1) is 10.3. The van der Waals surface area contributed by atoms with Crippen LogP contribution in [0.15, 0.2) is 53.8 Å². The predicted molar refractivity (Wildman–Crippen MR) is 83.8 cm³/mol. The standard InChI is InChI=1S/C16H16ClN3O/c17-14-3-1-2-13(10-14)15(12-4-6-18-7-5-12)11-20-16-19-8-9-21-16/h1-7,10,15H,8-9,11H2,(H,19,20). The predicted octanol–water partition coefficient (Wildman–Crippen LogP) is 2.84. The highest BCUT2D eigenvalue weighted by atomic mass is 35.5. The second kappa shape index (κ2) is 6.59. The average Bonchev–Trinajstić information content (AvgIpc) is 3.02. The van der Waals surface area contributed by atoms with E-state index in [1.807, 2.05) is 30.3 Å². The second-order valence-electron chi connectivity index (χ2n) is 4.80. The molecule has 1 unspecified atom stereocenters. The lowest BCUT2D eigenvalue weighted by molar-refractivity contribution is 0.331. The highest BCUT2D eigenvalue weighted by Gasteiger charge is 2.16. The zero-order valence-electron chi connectivity index (χ0n) is 11.5. The van der Waals surface area contributed by atoms with Crippen LogP contribution in [-0.2, 0) is 4.74 Å². The largest absolute Gasteiger partial charge is 0.463 e. The molecule has 0 spiro atoms. The Morgan fingerprint density at radius 3 is 2.76 bits per heavy atom. The molecule has 21 heavy (non-hydrogen) atoms. The number of amidine groups is 1. The Morgan fingerprint density at radius 2 is 2.05 bits per heavy atom. The summed E-state index contributed by atoms with van der Waals surface area (Å²) in [6.45, 7) is 2.07. The van der Waals surface area contributed by atoms with E-state index < -0.39 is 0 Å². The minimum atomic E-state index is 0.165. The minimum absolute atomic E-state index is 0.165. The molecule has 0 amide bonds. The van der Waals surface area contributed by atoms with Gasteiger partial charge in [0.1, 0.15) is 6.61 Å². The Labute approximate surface area is 128 Å². The summed E-state index contributed by atoms with van der Waals surface area (Å²) in [5, 5.41) is 4.00. The summed E-state index contributed by atoms with van der Waals surface area (Å²) in [6.07, 6.45) is 3.60. The number of hydrogen-bond acceptors (Lipinski definition) is 4. The maximum Gasteiger partial charge on any atom is 0.284 e. The van der Waals surface area contributed by atoms with Gasteiger partial charge in [-0.2, -0.15) is 0 Å². The number of aromatic nitrogens is 1. The van der Waals surface area contributed by atoms with Gasteiger partial charge in [-0.05, 0) is 35.4 Å². The molecule has 0 fully saturated rings. The van der Waals surface area contributed by atoms with E-state index in [-0.39, 0.29) is 5.92 Å². The number of nitrogens with zero attached hydrogens (tertiary/aromatic N) is 2. The van der Waals surface area contributed by atoms with E-state index >= 15 is 0 Å². The molecule has 108 valence electrons. The fourth-order valence-electron chi connectivity index (χ4n) is 2.38. The zero-order chi connectivity index (χ0) is 14.5. The van der Waals surface area contributed by atoms with Gasteiger partial charge in [0, 0.05) is 29.9 Å². The third-order valence-electron chi connectivity index (χ3n) is 3.40. The number of ether oxygens (including phenoxy) is 1. The van der Waals surface area contributed by atoms with Crippen molar-refractivity contribution in [3.05, 3.63) is 64.9 Å². The third-order valence-corrected chi connectivity index (χ3v) is 3.64. The van der Waals surface area contributed by atoms with Crippen molar-refractivity contribution in [2.45, 2.75) is 5.92 Å². The highest BCUT2D eigenvalue weighted by Crippen LogP contribution is 2.25. The molecule has 0 saturated carbocycles. The monoisotopic (exact) mass is 301 g/mol. The lowest BCUT2D eigenvalue weighted by Crippen LogP contribution is -2.29. The molecular weight excluding hydrogens is 286 g/mol. The van der Waals surface area contributed by atoms with Crippen LogP contribution >= 0.6 is 11.6 Å². The first kappa shape index (κ1) is 13.9. The average molecular weight is 302 g/mol. The van der Waals surface area contributed by atoms with E-state index in [2.05, 4.69) is 21.4 Å². The van der Waals surface area contributed by atoms with E-state index in [0.29, 0.717) is 19.2 Å². The van der Waals surface area contributed by atoms with Gasteiger partial charge in [-0.25, -0.2) is 4.99 Å². The van der Waals surface area contributed by atoms with Crippen LogP contribution in [0.2, 0.25) is 5.02 Å². The number of benzene rings is 1. The van der Waals surface area contributed by atoms with Gasteiger partial charge in [-0.1, -0.05) is 23.7 Å². The van der Waals surface area contributed by atoms with Crippen LogP contribution in [0.25, 0.3) is 0 Å². The van der Waals surface area contributed by atoms with Crippen LogP contribution in [0.5, 0.6) is 0 Å². The van der Waals surface area contributed by atoms with Gasteiger partial charge < -0.3 is 10.1 Å². The quantitative estimate of drug-likeness (QED) is 0.944. The summed E-state index contributed by atoms with van der Waals surface area (Å²) in [5.41, 5.74) is 2.33. The smallest absolute Gasteiger partial charge is 0.284 e. The maximum absolute atomic E-state index is 6.12.